The quantitative estimate of drug-likeness (QED) is 0.911. The molecule has 0 saturated heterocycles. The number of nitrogens with one attached hydrogen (secondary N) is 1. The summed E-state index contributed by atoms with van der Waals surface area (Å²) in [7, 11) is -3.70. The van der Waals surface area contributed by atoms with Crippen LogP contribution in [0.15, 0.2) is 47.4 Å². The molecule has 2 rings (SSSR count). The maximum Gasteiger partial charge on any atom is 0.238 e. The lowest BCUT2D eigenvalue weighted by Crippen LogP contribution is -2.15. The first kappa shape index (κ1) is 15.5. The third kappa shape index (κ3) is 3.62. The zero-order chi connectivity index (χ0) is 15.6. The molecule has 0 amide bonds. The Morgan fingerprint density at radius 2 is 1.67 bits per heavy atom. The van der Waals surface area contributed by atoms with Gasteiger partial charge in [0.2, 0.25) is 10.0 Å². The monoisotopic (exact) mass is 304 g/mol. The summed E-state index contributed by atoms with van der Waals surface area (Å²) in [4.78, 5) is 0.156. The Morgan fingerprint density at radius 3 is 2.24 bits per heavy atom. The van der Waals surface area contributed by atoms with Gasteiger partial charge in [-0.3, -0.25) is 0 Å². The largest absolute Gasteiger partial charge is 0.378 e. The van der Waals surface area contributed by atoms with Crippen LogP contribution in [-0.4, -0.2) is 8.42 Å². The number of hydrogen-bond acceptors (Lipinski definition) is 3. The van der Waals surface area contributed by atoms with E-state index in [2.05, 4.69) is 29.6 Å². The Labute approximate surface area is 126 Å². The fraction of sp³-hybridized carbons (Fsp3) is 0.250. The lowest BCUT2D eigenvalue weighted by Gasteiger charge is -2.18. The van der Waals surface area contributed by atoms with Crippen molar-refractivity contribution in [3.05, 3.63) is 59.2 Å². The van der Waals surface area contributed by atoms with Crippen LogP contribution in [0.1, 0.15) is 29.7 Å². The molecule has 2 aromatic carbocycles. The van der Waals surface area contributed by atoms with E-state index >= 15 is 0 Å². The Hall–Kier alpha value is -1.85. The van der Waals surface area contributed by atoms with E-state index in [1.54, 1.807) is 13.0 Å². The molecule has 0 heterocycles. The highest BCUT2D eigenvalue weighted by Crippen LogP contribution is 2.26. The van der Waals surface area contributed by atoms with Gasteiger partial charge in [-0.15, -0.1) is 0 Å². The van der Waals surface area contributed by atoms with E-state index in [-0.39, 0.29) is 10.9 Å². The molecule has 3 N–H and O–H groups in total. The van der Waals surface area contributed by atoms with Crippen molar-refractivity contribution in [1.29, 1.82) is 0 Å². The summed E-state index contributed by atoms with van der Waals surface area (Å²) in [5, 5.41) is 8.57. The average Bonchev–Trinajstić information content (AvgIpc) is 2.40. The van der Waals surface area contributed by atoms with Gasteiger partial charge in [-0.05, 0) is 44.0 Å². The fourth-order valence-electron chi connectivity index (χ4n) is 2.25. The van der Waals surface area contributed by atoms with Crippen LogP contribution in [0.2, 0.25) is 0 Å². The summed E-state index contributed by atoms with van der Waals surface area (Å²) < 4.78 is 23.1. The first-order chi connectivity index (χ1) is 9.79. The summed E-state index contributed by atoms with van der Waals surface area (Å²) in [5.74, 6) is 0. The SMILES string of the molecule is Cc1ccc(C(C)Nc2cccc(S(N)(=O)=O)c2C)cc1. The minimum Gasteiger partial charge on any atom is -0.378 e. The van der Waals surface area contributed by atoms with E-state index < -0.39 is 10.0 Å². The van der Waals surface area contributed by atoms with Crippen LogP contribution in [0.4, 0.5) is 5.69 Å². The van der Waals surface area contributed by atoms with E-state index in [1.807, 2.05) is 19.9 Å². The molecule has 5 heteroatoms. The molecule has 0 aliphatic carbocycles. The smallest absolute Gasteiger partial charge is 0.238 e. The summed E-state index contributed by atoms with van der Waals surface area (Å²) in [5.41, 5.74) is 3.76. The Bertz CT molecular complexity index is 737. The Morgan fingerprint density at radius 1 is 1.05 bits per heavy atom. The number of rotatable bonds is 4. The average molecular weight is 304 g/mol. The van der Waals surface area contributed by atoms with Crippen LogP contribution in [0, 0.1) is 13.8 Å². The highest BCUT2D eigenvalue weighted by molar-refractivity contribution is 7.89. The second-order valence-electron chi connectivity index (χ2n) is 5.25. The van der Waals surface area contributed by atoms with Crippen LogP contribution in [0.3, 0.4) is 0 Å². The summed E-state index contributed by atoms with van der Waals surface area (Å²) >= 11 is 0. The lowest BCUT2D eigenvalue weighted by atomic mass is 10.1. The maximum absolute atomic E-state index is 11.5. The highest BCUT2D eigenvalue weighted by Gasteiger charge is 2.15. The van der Waals surface area contributed by atoms with Crippen LogP contribution >= 0.6 is 0 Å². The molecule has 112 valence electrons. The van der Waals surface area contributed by atoms with Gasteiger partial charge in [-0.25, -0.2) is 13.6 Å². The van der Waals surface area contributed by atoms with Gasteiger partial charge in [0.15, 0.2) is 0 Å². The first-order valence-electron chi connectivity index (χ1n) is 6.74. The second-order valence-corrected chi connectivity index (χ2v) is 6.78. The van der Waals surface area contributed by atoms with Crippen molar-refractivity contribution in [2.75, 3.05) is 5.32 Å². The molecule has 0 aliphatic heterocycles. The molecule has 21 heavy (non-hydrogen) atoms. The molecular formula is C16H20N2O2S. The van der Waals surface area contributed by atoms with Gasteiger partial charge < -0.3 is 5.32 Å². The third-order valence-corrected chi connectivity index (χ3v) is 4.60. The van der Waals surface area contributed by atoms with Crippen LogP contribution in [-0.2, 0) is 10.0 Å². The van der Waals surface area contributed by atoms with Gasteiger partial charge >= 0.3 is 0 Å². The van der Waals surface area contributed by atoms with Gasteiger partial charge in [0.05, 0.1) is 4.90 Å². The van der Waals surface area contributed by atoms with E-state index in [9.17, 15) is 8.42 Å². The van der Waals surface area contributed by atoms with Crippen molar-refractivity contribution in [1.82, 2.24) is 0 Å². The van der Waals surface area contributed by atoms with E-state index in [0.717, 1.165) is 11.3 Å². The topological polar surface area (TPSA) is 72.2 Å². The first-order valence-corrected chi connectivity index (χ1v) is 8.29. The molecule has 1 unspecified atom stereocenters. The predicted molar refractivity (Wildman–Crippen MR) is 85.8 cm³/mol. The number of primary sulfonamides is 1. The Kier molecular flexibility index (Phi) is 4.34. The van der Waals surface area contributed by atoms with E-state index in [0.29, 0.717) is 5.56 Å². The molecule has 1 atom stereocenters. The molecule has 2 aromatic rings. The van der Waals surface area contributed by atoms with Crippen molar-refractivity contribution in [3.8, 4) is 0 Å². The zero-order valence-corrected chi connectivity index (χ0v) is 13.2. The molecule has 0 saturated carbocycles. The molecule has 0 bridgehead atoms. The molecule has 0 spiro atoms. The van der Waals surface area contributed by atoms with Crippen molar-refractivity contribution >= 4 is 15.7 Å². The van der Waals surface area contributed by atoms with Crippen molar-refractivity contribution < 1.29 is 8.42 Å². The number of aryl methyl sites for hydroxylation is 1. The molecule has 0 radical (unpaired) electrons. The molecule has 0 fully saturated rings. The minimum atomic E-state index is -3.70. The second kappa shape index (κ2) is 5.87. The number of sulfonamides is 1. The Balaban J connectivity index is 2.30. The van der Waals surface area contributed by atoms with Crippen LogP contribution in [0.25, 0.3) is 0 Å². The van der Waals surface area contributed by atoms with E-state index in [4.69, 9.17) is 5.14 Å². The van der Waals surface area contributed by atoms with Crippen molar-refractivity contribution in [2.24, 2.45) is 5.14 Å². The number of hydrogen-bond donors (Lipinski definition) is 2. The van der Waals surface area contributed by atoms with Crippen molar-refractivity contribution in [3.63, 3.8) is 0 Å². The molecular weight excluding hydrogens is 284 g/mol. The number of anilines is 1. The molecule has 0 aromatic heterocycles. The van der Waals surface area contributed by atoms with Gasteiger partial charge in [-0.1, -0.05) is 35.9 Å². The summed E-state index contributed by atoms with van der Waals surface area (Å²) in [6, 6.07) is 13.4. The van der Waals surface area contributed by atoms with E-state index in [1.165, 1.54) is 11.6 Å². The minimum absolute atomic E-state index is 0.0695. The van der Waals surface area contributed by atoms with Gasteiger partial charge in [-0.2, -0.15) is 0 Å². The fourth-order valence-corrected chi connectivity index (χ4v) is 3.06. The lowest BCUT2D eigenvalue weighted by molar-refractivity contribution is 0.597. The standard InChI is InChI=1S/C16H20N2O2S/c1-11-7-9-14(10-8-11)13(3)18-15-5-4-6-16(12(15)2)21(17,19)20/h4-10,13,18H,1-3H3,(H2,17,19,20). The van der Waals surface area contributed by atoms with Gasteiger partial charge in [0.1, 0.15) is 0 Å². The summed E-state index contributed by atoms with van der Waals surface area (Å²) in [6.07, 6.45) is 0. The van der Waals surface area contributed by atoms with Gasteiger partial charge in [0.25, 0.3) is 0 Å². The van der Waals surface area contributed by atoms with Crippen LogP contribution in [0.5, 0.6) is 0 Å². The third-order valence-electron chi connectivity index (χ3n) is 3.54. The highest BCUT2D eigenvalue weighted by atomic mass is 32.2. The van der Waals surface area contributed by atoms with Gasteiger partial charge in [0, 0.05) is 11.7 Å². The molecule has 0 aliphatic rings. The van der Waals surface area contributed by atoms with Crippen molar-refractivity contribution in [2.45, 2.75) is 31.7 Å². The molecule has 4 nitrogen and oxygen atoms in total. The van der Waals surface area contributed by atoms with Crippen LogP contribution < -0.4 is 10.5 Å². The normalized spacial score (nSPS) is 13.0. The summed E-state index contributed by atoms with van der Waals surface area (Å²) in [6.45, 7) is 5.83. The number of nitrogens with two attached hydrogens (primary N) is 1. The zero-order valence-electron chi connectivity index (χ0n) is 12.4. The predicted octanol–water partition coefficient (Wildman–Crippen LogP) is 3.12. The maximum atomic E-state index is 11.5. The number of benzene rings is 2.